The highest BCUT2D eigenvalue weighted by Gasteiger charge is 2.34. The van der Waals surface area contributed by atoms with Crippen LogP contribution in [0.15, 0.2) is 42.6 Å². The fourth-order valence-corrected chi connectivity index (χ4v) is 2.15. The molecule has 0 bridgehead atoms. The van der Waals surface area contributed by atoms with Gasteiger partial charge in [-0.05, 0) is 37.6 Å². The molecule has 0 aliphatic carbocycles. The smallest absolute Gasteiger partial charge is 0.270 e. The Hall–Kier alpha value is -2.56. The summed E-state index contributed by atoms with van der Waals surface area (Å²) in [6.07, 6.45) is 0.625. The molecule has 0 fully saturated rings. The summed E-state index contributed by atoms with van der Waals surface area (Å²) in [7, 11) is 0. The molecule has 0 saturated heterocycles. The van der Waals surface area contributed by atoms with Crippen molar-refractivity contribution in [2.75, 3.05) is 5.32 Å². The summed E-state index contributed by atoms with van der Waals surface area (Å²) in [5.74, 6) is 1.46. The number of benzene rings is 1. The quantitative estimate of drug-likeness (QED) is 0.920. The van der Waals surface area contributed by atoms with E-state index in [2.05, 4.69) is 10.3 Å². The van der Waals surface area contributed by atoms with Crippen molar-refractivity contribution >= 4 is 11.7 Å². The Morgan fingerprint density at radius 3 is 2.52 bits per heavy atom. The van der Waals surface area contributed by atoms with Crippen LogP contribution in [0.25, 0.3) is 0 Å². The second-order valence-electron chi connectivity index (χ2n) is 5.02. The van der Waals surface area contributed by atoms with Gasteiger partial charge in [-0.25, -0.2) is 4.98 Å². The predicted octanol–water partition coefficient (Wildman–Crippen LogP) is 2.56. The Balaban J connectivity index is 1.74. The Kier molecular flexibility index (Phi) is 3.48. The summed E-state index contributed by atoms with van der Waals surface area (Å²) in [4.78, 5) is 16.5. The van der Waals surface area contributed by atoms with Gasteiger partial charge in [0, 0.05) is 6.20 Å². The van der Waals surface area contributed by atoms with Crippen molar-refractivity contribution in [1.82, 2.24) is 4.98 Å². The number of nitrogens with one attached hydrogen (secondary N) is 1. The Labute approximate surface area is 122 Å². The summed E-state index contributed by atoms with van der Waals surface area (Å²) < 4.78 is 11.5. The van der Waals surface area contributed by atoms with Gasteiger partial charge in [-0.1, -0.05) is 18.2 Å². The maximum Gasteiger partial charge on any atom is 0.270 e. The number of amides is 1. The number of ether oxygens (including phenoxy) is 2. The van der Waals surface area contributed by atoms with Crippen LogP contribution >= 0.6 is 0 Å². The molecule has 1 aromatic carbocycles. The third-order valence-electron chi connectivity index (χ3n) is 3.26. The van der Waals surface area contributed by atoms with Gasteiger partial charge in [-0.3, -0.25) is 4.79 Å². The molecule has 1 N–H and O–H groups in total. The van der Waals surface area contributed by atoms with Crippen LogP contribution in [-0.4, -0.2) is 23.1 Å². The highest BCUT2D eigenvalue weighted by atomic mass is 16.6. The lowest BCUT2D eigenvalue weighted by atomic mass is 10.1. The fourth-order valence-electron chi connectivity index (χ4n) is 2.15. The van der Waals surface area contributed by atoms with Crippen LogP contribution < -0.4 is 14.8 Å². The molecule has 0 radical (unpaired) electrons. The van der Waals surface area contributed by atoms with E-state index >= 15 is 0 Å². The molecule has 108 valence electrons. The number of carbonyl (C=O) groups is 1. The molecule has 1 aromatic heterocycles. The van der Waals surface area contributed by atoms with Gasteiger partial charge in [0.05, 0.1) is 0 Å². The Morgan fingerprint density at radius 2 is 1.86 bits per heavy atom. The lowest BCUT2D eigenvalue weighted by Crippen LogP contribution is -2.46. The number of aromatic nitrogens is 1. The van der Waals surface area contributed by atoms with E-state index in [1.165, 1.54) is 0 Å². The molecule has 0 saturated carbocycles. The number of fused-ring (bicyclic) bond motifs is 1. The van der Waals surface area contributed by atoms with Crippen molar-refractivity contribution in [1.29, 1.82) is 0 Å². The molecule has 2 atom stereocenters. The number of anilines is 1. The van der Waals surface area contributed by atoms with Gasteiger partial charge >= 0.3 is 0 Å². The van der Waals surface area contributed by atoms with Crippen LogP contribution in [0.1, 0.15) is 12.5 Å². The number of aryl methyl sites for hydroxylation is 1. The molecule has 0 unspecified atom stereocenters. The summed E-state index contributed by atoms with van der Waals surface area (Å²) in [6, 6.07) is 11.0. The summed E-state index contributed by atoms with van der Waals surface area (Å²) >= 11 is 0. The van der Waals surface area contributed by atoms with Crippen LogP contribution in [0.2, 0.25) is 0 Å². The van der Waals surface area contributed by atoms with Crippen molar-refractivity contribution in [3.63, 3.8) is 0 Å². The first-order valence-corrected chi connectivity index (χ1v) is 6.79. The van der Waals surface area contributed by atoms with Gasteiger partial charge < -0.3 is 14.8 Å². The average molecular weight is 284 g/mol. The zero-order valence-electron chi connectivity index (χ0n) is 11.9. The normalized spacial score (nSPS) is 19.9. The molecule has 5 heteroatoms. The molecule has 0 spiro atoms. The minimum Gasteiger partial charge on any atom is -0.482 e. The number of para-hydroxylation sites is 2. The maximum atomic E-state index is 12.3. The van der Waals surface area contributed by atoms with Crippen molar-refractivity contribution in [2.45, 2.75) is 26.1 Å². The Morgan fingerprint density at radius 1 is 1.14 bits per heavy atom. The van der Waals surface area contributed by atoms with Crippen molar-refractivity contribution in [3.05, 3.63) is 48.2 Å². The van der Waals surface area contributed by atoms with E-state index in [1.54, 1.807) is 18.3 Å². The minimum absolute atomic E-state index is 0.270. The van der Waals surface area contributed by atoms with E-state index < -0.39 is 6.10 Å². The SMILES string of the molecule is Cc1ccc(NC(=O)[C@@H]2Oc3ccccc3O[C@@H]2C)nc1. The summed E-state index contributed by atoms with van der Waals surface area (Å²) in [5, 5.41) is 2.75. The third kappa shape index (κ3) is 2.81. The highest BCUT2D eigenvalue weighted by molar-refractivity contribution is 5.94. The molecule has 1 aliphatic heterocycles. The molecular formula is C16H16N2O3. The van der Waals surface area contributed by atoms with E-state index in [0.29, 0.717) is 17.3 Å². The van der Waals surface area contributed by atoms with Crippen LogP contribution in [0.3, 0.4) is 0 Å². The molecule has 1 aliphatic rings. The first-order valence-electron chi connectivity index (χ1n) is 6.79. The van der Waals surface area contributed by atoms with Crippen molar-refractivity contribution in [2.24, 2.45) is 0 Å². The van der Waals surface area contributed by atoms with Gasteiger partial charge in [-0.15, -0.1) is 0 Å². The fraction of sp³-hybridized carbons (Fsp3) is 0.250. The van der Waals surface area contributed by atoms with E-state index in [9.17, 15) is 4.79 Å². The summed E-state index contributed by atoms with van der Waals surface area (Å²) in [5.41, 5.74) is 1.03. The molecular weight excluding hydrogens is 268 g/mol. The Bertz CT molecular complexity index is 655. The van der Waals surface area contributed by atoms with E-state index in [0.717, 1.165) is 5.56 Å². The largest absolute Gasteiger partial charge is 0.482 e. The lowest BCUT2D eigenvalue weighted by Gasteiger charge is -2.30. The lowest BCUT2D eigenvalue weighted by molar-refractivity contribution is -0.128. The first kappa shape index (κ1) is 13.4. The zero-order chi connectivity index (χ0) is 14.8. The number of pyridine rings is 1. The van der Waals surface area contributed by atoms with E-state index in [-0.39, 0.29) is 12.0 Å². The molecule has 2 aromatic rings. The van der Waals surface area contributed by atoms with Gasteiger partial charge in [0.1, 0.15) is 11.9 Å². The molecule has 1 amide bonds. The number of nitrogens with zero attached hydrogens (tertiary/aromatic N) is 1. The zero-order valence-corrected chi connectivity index (χ0v) is 11.9. The molecule has 2 heterocycles. The number of hydrogen-bond donors (Lipinski definition) is 1. The average Bonchev–Trinajstić information content (AvgIpc) is 2.49. The third-order valence-corrected chi connectivity index (χ3v) is 3.26. The van der Waals surface area contributed by atoms with Crippen molar-refractivity contribution < 1.29 is 14.3 Å². The van der Waals surface area contributed by atoms with Gasteiger partial charge in [0.2, 0.25) is 6.10 Å². The highest BCUT2D eigenvalue weighted by Crippen LogP contribution is 2.33. The van der Waals surface area contributed by atoms with Gasteiger partial charge in [0.15, 0.2) is 11.5 Å². The van der Waals surface area contributed by atoms with E-state index in [4.69, 9.17) is 9.47 Å². The van der Waals surface area contributed by atoms with Crippen LogP contribution in [-0.2, 0) is 4.79 Å². The van der Waals surface area contributed by atoms with Crippen LogP contribution in [0, 0.1) is 6.92 Å². The maximum absolute atomic E-state index is 12.3. The second-order valence-corrected chi connectivity index (χ2v) is 5.02. The predicted molar refractivity (Wildman–Crippen MR) is 78.6 cm³/mol. The van der Waals surface area contributed by atoms with Gasteiger partial charge in [-0.2, -0.15) is 0 Å². The summed E-state index contributed by atoms with van der Waals surface area (Å²) in [6.45, 7) is 3.75. The standard InChI is InChI=1S/C16H16N2O3/c1-10-7-8-14(17-9-10)18-16(19)15-11(2)20-12-5-3-4-6-13(12)21-15/h3-9,11,15H,1-2H3,(H,17,18,19)/t11-,15-/m1/s1. The van der Waals surface area contributed by atoms with Crippen molar-refractivity contribution in [3.8, 4) is 11.5 Å². The topological polar surface area (TPSA) is 60.5 Å². The monoisotopic (exact) mass is 284 g/mol. The number of hydrogen-bond acceptors (Lipinski definition) is 4. The van der Waals surface area contributed by atoms with E-state index in [1.807, 2.05) is 38.1 Å². The molecule has 3 rings (SSSR count). The number of rotatable bonds is 2. The molecule has 5 nitrogen and oxygen atoms in total. The first-order chi connectivity index (χ1) is 10.1. The molecule has 21 heavy (non-hydrogen) atoms. The number of carbonyl (C=O) groups excluding carboxylic acids is 1. The second kappa shape index (κ2) is 5.44. The van der Waals surface area contributed by atoms with Crippen LogP contribution in [0.5, 0.6) is 11.5 Å². The van der Waals surface area contributed by atoms with Gasteiger partial charge in [0.25, 0.3) is 5.91 Å². The minimum atomic E-state index is -0.706. The van der Waals surface area contributed by atoms with Crippen LogP contribution in [0.4, 0.5) is 5.82 Å².